The van der Waals surface area contributed by atoms with Crippen molar-refractivity contribution in [3.63, 3.8) is 0 Å². The summed E-state index contributed by atoms with van der Waals surface area (Å²) >= 11 is 6.94. The lowest BCUT2D eigenvalue weighted by molar-refractivity contribution is -0.116. The topological polar surface area (TPSA) is 37.3 Å². The highest BCUT2D eigenvalue weighted by Crippen LogP contribution is 2.13. The molecular weight excluding hydrogens is 492 g/mol. The maximum Gasteiger partial charge on any atom is 0.157 e. The second-order valence-corrected chi connectivity index (χ2v) is 9.92. The summed E-state index contributed by atoms with van der Waals surface area (Å²) in [5.41, 5.74) is 0. The summed E-state index contributed by atoms with van der Waals surface area (Å²) in [6.45, 7) is 0. The predicted molar refractivity (Wildman–Crippen MR) is 135 cm³/mol. The van der Waals surface area contributed by atoms with Gasteiger partial charge in [0, 0.05) is 17.1 Å². The molecule has 1 atom stereocenters. The molecule has 0 aliphatic rings. The van der Waals surface area contributed by atoms with Crippen LogP contribution < -0.4 is 0 Å². The van der Waals surface area contributed by atoms with Crippen molar-refractivity contribution in [3.8, 4) is 0 Å². The van der Waals surface area contributed by atoms with E-state index in [0.717, 1.165) is 29.9 Å². The highest BCUT2D eigenvalue weighted by Gasteiger charge is 2.08. The van der Waals surface area contributed by atoms with Crippen LogP contribution in [0.5, 0.6) is 0 Å². The van der Waals surface area contributed by atoms with Crippen molar-refractivity contribution in [1.82, 2.24) is 0 Å². The van der Waals surface area contributed by atoms with Gasteiger partial charge in [0.1, 0.15) is 0 Å². The van der Waals surface area contributed by atoms with Gasteiger partial charge in [0.2, 0.25) is 0 Å². The number of unbranched alkanes of at least 4 members (excludes halogenated alkanes) is 15. The molecule has 2 nitrogen and oxygen atoms in total. The molecule has 0 aromatic carbocycles. The normalized spacial score (nSPS) is 12.7. The van der Waals surface area contributed by atoms with E-state index >= 15 is 0 Å². The molecular formula is C25H46Br2O2. The highest BCUT2D eigenvalue weighted by molar-refractivity contribution is 9.09. The molecule has 0 aromatic heterocycles. The van der Waals surface area contributed by atoms with Crippen molar-refractivity contribution in [3.05, 3.63) is 12.2 Å². The van der Waals surface area contributed by atoms with Crippen LogP contribution in [-0.2, 0) is 4.79 Å². The molecule has 29 heavy (non-hydrogen) atoms. The van der Waals surface area contributed by atoms with Gasteiger partial charge in [0.25, 0.3) is 0 Å². The van der Waals surface area contributed by atoms with Gasteiger partial charge >= 0.3 is 0 Å². The third-order valence-corrected chi connectivity index (χ3v) is 6.54. The average molecular weight is 538 g/mol. The van der Waals surface area contributed by atoms with E-state index < -0.39 is 6.10 Å². The molecule has 0 aliphatic carbocycles. The van der Waals surface area contributed by atoms with Gasteiger partial charge in [-0.3, -0.25) is 4.79 Å². The molecule has 0 saturated heterocycles. The molecule has 0 bridgehead atoms. The first-order valence-corrected chi connectivity index (χ1v) is 14.4. The molecule has 0 aromatic rings. The molecule has 0 rings (SSSR count). The molecule has 1 unspecified atom stereocenters. The highest BCUT2D eigenvalue weighted by atomic mass is 79.9. The number of allylic oxidation sites excluding steroid dienone is 2. The molecule has 172 valence electrons. The summed E-state index contributed by atoms with van der Waals surface area (Å²) in [6, 6.07) is 0. The average Bonchev–Trinajstić information content (AvgIpc) is 2.70. The number of halogens is 2. The number of carbonyl (C=O) groups excluding carboxylic acids is 1. The van der Waals surface area contributed by atoms with E-state index in [1.165, 1.54) is 96.3 Å². The van der Waals surface area contributed by atoms with Crippen molar-refractivity contribution in [2.24, 2.45) is 0 Å². The predicted octanol–water partition coefficient (Wildman–Crippen LogP) is 8.67. The van der Waals surface area contributed by atoms with E-state index in [-0.39, 0.29) is 12.2 Å². The Hall–Kier alpha value is 0.330. The SMILES string of the molecule is O=C(/C=C/CCCCCCCCCCBr)CC(O)CCCCCCCCCCBr. The smallest absolute Gasteiger partial charge is 0.157 e. The number of aliphatic hydroxyl groups excluding tert-OH is 1. The van der Waals surface area contributed by atoms with E-state index in [0.29, 0.717) is 0 Å². The molecule has 4 heteroatoms. The fourth-order valence-corrected chi connectivity index (χ4v) is 4.36. The molecule has 0 saturated carbocycles. The van der Waals surface area contributed by atoms with Crippen molar-refractivity contribution >= 4 is 37.6 Å². The molecule has 0 fully saturated rings. The van der Waals surface area contributed by atoms with Gasteiger partial charge < -0.3 is 5.11 Å². The van der Waals surface area contributed by atoms with Gasteiger partial charge in [0.05, 0.1) is 6.10 Å². The maximum atomic E-state index is 11.9. The van der Waals surface area contributed by atoms with Crippen LogP contribution in [-0.4, -0.2) is 27.7 Å². The monoisotopic (exact) mass is 536 g/mol. The lowest BCUT2D eigenvalue weighted by atomic mass is 10.0. The van der Waals surface area contributed by atoms with Crippen LogP contribution >= 0.6 is 31.9 Å². The Balaban J connectivity index is 3.41. The molecule has 0 amide bonds. The molecule has 0 aliphatic heterocycles. The van der Waals surface area contributed by atoms with Crippen LogP contribution in [0, 0.1) is 0 Å². The zero-order valence-corrected chi connectivity index (χ0v) is 21.9. The van der Waals surface area contributed by atoms with Gasteiger partial charge in [-0.05, 0) is 38.2 Å². The largest absolute Gasteiger partial charge is 0.393 e. The molecule has 0 heterocycles. The Morgan fingerprint density at radius 1 is 0.655 bits per heavy atom. The van der Waals surface area contributed by atoms with Crippen molar-refractivity contribution < 1.29 is 9.90 Å². The van der Waals surface area contributed by atoms with E-state index in [4.69, 9.17) is 0 Å². The van der Waals surface area contributed by atoms with E-state index in [1.807, 2.05) is 6.08 Å². The van der Waals surface area contributed by atoms with Crippen LogP contribution in [0.1, 0.15) is 122 Å². The van der Waals surface area contributed by atoms with E-state index in [2.05, 4.69) is 31.9 Å². The number of rotatable bonds is 23. The number of carbonyl (C=O) groups is 1. The minimum absolute atomic E-state index is 0.0797. The Morgan fingerprint density at radius 3 is 1.55 bits per heavy atom. The van der Waals surface area contributed by atoms with Crippen LogP contribution in [0.4, 0.5) is 0 Å². The van der Waals surface area contributed by atoms with Crippen LogP contribution in [0.2, 0.25) is 0 Å². The van der Waals surface area contributed by atoms with Gasteiger partial charge in [-0.1, -0.05) is 121 Å². The quantitative estimate of drug-likeness (QED) is 0.0803. The zero-order chi connectivity index (χ0) is 21.4. The lowest BCUT2D eigenvalue weighted by Crippen LogP contribution is -2.11. The lowest BCUT2D eigenvalue weighted by Gasteiger charge is -2.08. The van der Waals surface area contributed by atoms with Crippen molar-refractivity contribution in [2.45, 2.75) is 128 Å². The third-order valence-electron chi connectivity index (χ3n) is 5.42. The number of aliphatic hydroxyl groups is 1. The van der Waals surface area contributed by atoms with Gasteiger partial charge in [0.15, 0.2) is 5.78 Å². The minimum Gasteiger partial charge on any atom is -0.393 e. The van der Waals surface area contributed by atoms with Gasteiger partial charge in [-0.25, -0.2) is 0 Å². The Labute approximate surface area is 197 Å². The first-order valence-electron chi connectivity index (χ1n) is 12.2. The fraction of sp³-hybridized carbons (Fsp3) is 0.880. The fourth-order valence-electron chi connectivity index (χ4n) is 3.57. The molecule has 0 radical (unpaired) electrons. The first-order chi connectivity index (χ1) is 14.2. The van der Waals surface area contributed by atoms with Crippen LogP contribution in [0.15, 0.2) is 12.2 Å². The summed E-state index contributed by atoms with van der Waals surface area (Å²) in [5.74, 6) is 0.0797. The summed E-state index contributed by atoms with van der Waals surface area (Å²) in [7, 11) is 0. The van der Waals surface area contributed by atoms with Crippen molar-refractivity contribution in [2.75, 3.05) is 10.7 Å². The summed E-state index contributed by atoms with van der Waals surface area (Å²) in [4.78, 5) is 11.9. The third kappa shape index (κ3) is 24.5. The Morgan fingerprint density at radius 2 is 1.07 bits per heavy atom. The standard InChI is InChI=1S/C25H46Br2O2/c26-21-17-13-9-5-2-1-3-7-11-15-19-24(28)23-25(29)20-16-12-8-4-6-10-14-18-22-27/h15,19,25,29H,1-14,16-18,20-23H2/b19-15+. The number of ketones is 1. The number of alkyl halides is 2. The van der Waals surface area contributed by atoms with Crippen LogP contribution in [0.3, 0.4) is 0 Å². The second kappa shape index (κ2) is 24.6. The minimum atomic E-state index is -0.462. The first kappa shape index (κ1) is 29.3. The summed E-state index contributed by atoms with van der Waals surface area (Å²) < 4.78 is 0. The Kier molecular flexibility index (Phi) is 24.9. The molecule has 0 spiro atoms. The second-order valence-electron chi connectivity index (χ2n) is 8.34. The summed E-state index contributed by atoms with van der Waals surface area (Å²) in [5, 5.41) is 12.3. The number of hydrogen-bond donors (Lipinski definition) is 1. The van der Waals surface area contributed by atoms with E-state index in [9.17, 15) is 9.90 Å². The van der Waals surface area contributed by atoms with E-state index in [1.54, 1.807) is 6.08 Å². The number of hydrogen-bond acceptors (Lipinski definition) is 2. The zero-order valence-electron chi connectivity index (χ0n) is 18.7. The van der Waals surface area contributed by atoms with Gasteiger partial charge in [-0.2, -0.15) is 0 Å². The van der Waals surface area contributed by atoms with Gasteiger partial charge in [-0.15, -0.1) is 0 Å². The van der Waals surface area contributed by atoms with Crippen molar-refractivity contribution in [1.29, 1.82) is 0 Å². The Bertz CT molecular complexity index is 372. The maximum absolute atomic E-state index is 11.9. The summed E-state index contributed by atoms with van der Waals surface area (Å²) in [6.07, 6.45) is 25.8. The molecule has 1 N–H and O–H groups in total. The van der Waals surface area contributed by atoms with Crippen LogP contribution in [0.25, 0.3) is 0 Å².